The Morgan fingerprint density at radius 3 is 2.47 bits per heavy atom. The Morgan fingerprint density at radius 2 is 1.83 bits per heavy atom. The van der Waals surface area contributed by atoms with Crippen LogP contribution in [0, 0.1) is 5.82 Å². The first-order valence-electron chi connectivity index (χ1n) is 10.8. The predicted molar refractivity (Wildman–Crippen MR) is 120 cm³/mol. The zero-order chi connectivity index (χ0) is 26.1. The Labute approximate surface area is 204 Å². The molecule has 1 saturated heterocycles. The molecule has 13 heteroatoms. The summed E-state index contributed by atoms with van der Waals surface area (Å²) < 4.78 is 78.9. The van der Waals surface area contributed by atoms with Gasteiger partial charge in [-0.15, -0.1) is 0 Å². The van der Waals surface area contributed by atoms with Gasteiger partial charge in [0.05, 0.1) is 22.8 Å². The second-order valence-corrected chi connectivity index (χ2v) is 10.3. The average Bonchev–Trinajstić information content (AvgIpc) is 3.26. The lowest BCUT2D eigenvalue weighted by Gasteiger charge is -2.33. The fourth-order valence-corrected chi connectivity index (χ4v) is 5.82. The molecule has 2 aromatic heterocycles. The first kappa shape index (κ1) is 25.6. The van der Waals surface area contributed by atoms with Crippen molar-refractivity contribution < 1.29 is 30.8 Å². The van der Waals surface area contributed by atoms with Crippen molar-refractivity contribution in [2.24, 2.45) is 0 Å². The van der Waals surface area contributed by atoms with E-state index >= 15 is 0 Å². The molecule has 1 aliphatic heterocycles. The van der Waals surface area contributed by atoms with Crippen molar-refractivity contribution in [2.45, 2.75) is 42.9 Å². The van der Waals surface area contributed by atoms with Crippen molar-refractivity contribution in [1.82, 2.24) is 24.6 Å². The lowest BCUT2D eigenvalue weighted by Crippen LogP contribution is -2.55. The summed E-state index contributed by atoms with van der Waals surface area (Å²) in [5.41, 5.74) is -1.40. The number of carbonyl (C=O) groups is 1. The van der Waals surface area contributed by atoms with Gasteiger partial charge in [-0.1, -0.05) is 0 Å². The number of pyridine rings is 1. The topological polar surface area (TPSA) is 105 Å². The van der Waals surface area contributed by atoms with E-state index in [-0.39, 0.29) is 24.4 Å². The van der Waals surface area contributed by atoms with E-state index in [0.717, 1.165) is 40.8 Å². The van der Waals surface area contributed by atoms with Gasteiger partial charge < -0.3 is 5.32 Å². The van der Waals surface area contributed by atoms with Crippen LogP contribution in [0.15, 0.2) is 59.9 Å². The number of halogens is 4. The second kappa shape index (κ2) is 9.54. The third kappa shape index (κ3) is 5.07. The molecule has 0 aliphatic carbocycles. The van der Waals surface area contributed by atoms with Crippen molar-refractivity contribution in [1.29, 1.82) is 0 Å². The Hall–Kier alpha value is -3.45. The van der Waals surface area contributed by atoms with Crippen LogP contribution in [0.5, 0.6) is 0 Å². The molecule has 0 radical (unpaired) electrons. The number of hydrogen-bond donors (Lipinski definition) is 1. The summed E-state index contributed by atoms with van der Waals surface area (Å²) in [6.07, 6.45) is -1.56. The minimum atomic E-state index is -4.56. The minimum absolute atomic E-state index is 0.0670. The highest BCUT2D eigenvalue weighted by atomic mass is 32.2. The number of benzene rings is 1. The van der Waals surface area contributed by atoms with Gasteiger partial charge in [-0.25, -0.2) is 22.8 Å². The SMILES string of the molecule is C[C@@]1(C(=O)NCc2cc(-c3ccc(C(F)(F)F)nc3)ncn2)CCCN1S(=O)(=O)c1ccc(F)cc1. The summed E-state index contributed by atoms with van der Waals surface area (Å²) in [6.45, 7) is 1.58. The van der Waals surface area contributed by atoms with E-state index in [2.05, 4.69) is 20.3 Å². The third-order valence-electron chi connectivity index (χ3n) is 5.97. The van der Waals surface area contributed by atoms with Crippen molar-refractivity contribution in [3.63, 3.8) is 0 Å². The van der Waals surface area contributed by atoms with Gasteiger partial charge in [0, 0.05) is 18.3 Å². The molecular weight excluding hydrogens is 502 g/mol. The van der Waals surface area contributed by atoms with Crippen LogP contribution >= 0.6 is 0 Å². The highest BCUT2D eigenvalue weighted by Crippen LogP contribution is 2.35. The Bertz CT molecular complexity index is 1370. The Kier molecular flexibility index (Phi) is 6.80. The van der Waals surface area contributed by atoms with Gasteiger partial charge in [-0.05, 0) is 62.2 Å². The fourth-order valence-electron chi connectivity index (χ4n) is 4.01. The quantitative estimate of drug-likeness (QED) is 0.496. The van der Waals surface area contributed by atoms with Crippen LogP contribution in [0.25, 0.3) is 11.3 Å². The molecule has 8 nitrogen and oxygen atoms in total. The normalized spacial score (nSPS) is 18.8. The molecule has 1 fully saturated rings. The van der Waals surface area contributed by atoms with Crippen LogP contribution < -0.4 is 5.32 Å². The summed E-state index contributed by atoms with van der Waals surface area (Å²) in [4.78, 5) is 24.5. The van der Waals surface area contributed by atoms with Gasteiger partial charge in [-0.3, -0.25) is 9.78 Å². The van der Waals surface area contributed by atoms with E-state index in [0.29, 0.717) is 23.4 Å². The maximum atomic E-state index is 13.3. The summed E-state index contributed by atoms with van der Waals surface area (Å²) in [7, 11) is -4.05. The van der Waals surface area contributed by atoms with Crippen LogP contribution in [0.2, 0.25) is 0 Å². The molecule has 0 saturated carbocycles. The smallest absolute Gasteiger partial charge is 0.349 e. The predicted octanol–water partition coefficient (Wildman–Crippen LogP) is 3.56. The minimum Gasteiger partial charge on any atom is -0.349 e. The average molecular weight is 524 g/mol. The number of nitrogens with one attached hydrogen (secondary N) is 1. The number of aromatic nitrogens is 3. The van der Waals surface area contributed by atoms with E-state index in [1.807, 2.05) is 0 Å². The molecule has 36 heavy (non-hydrogen) atoms. The highest BCUT2D eigenvalue weighted by molar-refractivity contribution is 7.89. The second-order valence-electron chi connectivity index (χ2n) is 8.42. The number of nitrogens with zero attached hydrogens (tertiary/aromatic N) is 4. The molecule has 190 valence electrons. The van der Waals surface area contributed by atoms with Crippen LogP contribution in [-0.4, -0.2) is 45.7 Å². The number of amides is 1. The highest BCUT2D eigenvalue weighted by Gasteiger charge is 2.49. The van der Waals surface area contributed by atoms with E-state index in [1.165, 1.54) is 25.4 Å². The maximum absolute atomic E-state index is 13.3. The Balaban J connectivity index is 1.48. The van der Waals surface area contributed by atoms with Gasteiger partial charge in [0.15, 0.2) is 0 Å². The van der Waals surface area contributed by atoms with Crippen molar-refractivity contribution in [3.8, 4) is 11.3 Å². The number of alkyl halides is 3. The zero-order valence-corrected chi connectivity index (χ0v) is 19.8. The van der Waals surface area contributed by atoms with Crippen molar-refractivity contribution in [2.75, 3.05) is 6.54 Å². The van der Waals surface area contributed by atoms with Crippen LogP contribution in [0.1, 0.15) is 31.2 Å². The van der Waals surface area contributed by atoms with E-state index in [1.54, 1.807) is 0 Å². The number of sulfonamides is 1. The van der Waals surface area contributed by atoms with Crippen molar-refractivity contribution in [3.05, 3.63) is 72.2 Å². The molecule has 3 heterocycles. The summed E-state index contributed by atoms with van der Waals surface area (Å²) >= 11 is 0. The fraction of sp³-hybridized carbons (Fsp3) is 0.304. The monoisotopic (exact) mass is 523 g/mol. The molecular formula is C23H21F4N5O3S. The molecule has 0 spiro atoms. The molecule has 4 rings (SSSR count). The zero-order valence-electron chi connectivity index (χ0n) is 19.0. The number of carbonyl (C=O) groups excluding carboxylic acids is 1. The third-order valence-corrected chi connectivity index (χ3v) is 8.00. The first-order valence-corrected chi connectivity index (χ1v) is 12.3. The maximum Gasteiger partial charge on any atom is 0.433 e. The van der Waals surface area contributed by atoms with E-state index in [4.69, 9.17) is 0 Å². The molecule has 1 N–H and O–H groups in total. The van der Waals surface area contributed by atoms with Crippen LogP contribution in [-0.2, 0) is 27.5 Å². The summed E-state index contributed by atoms with van der Waals surface area (Å²) in [5.74, 6) is -1.12. The molecule has 1 aliphatic rings. The number of hydrogen-bond acceptors (Lipinski definition) is 6. The van der Waals surface area contributed by atoms with Crippen LogP contribution in [0.4, 0.5) is 17.6 Å². The molecule has 0 unspecified atom stereocenters. The van der Waals surface area contributed by atoms with E-state index < -0.39 is 39.2 Å². The standard InChI is InChI=1S/C23H21F4N5O3S/c1-22(9-2-10-32(22)36(34,35)18-6-4-16(24)5-7-18)21(33)29-13-17-11-19(31-14-30-17)15-3-8-20(28-12-15)23(25,26)27/h3-8,11-12,14H,2,9-10,13H2,1H3,(H,29,33)/t22-/m0/s1. The lowest BCUT2D eigenvalue weighted by atomic mass is 9.99. The Morgan fingerprint density at radius 1 is 1.11 bits per heavy atom. The molecule has 3 aromatic rings. The van der Waals surface area contributed by atoms with Crippen molar-refractivity contribution >= 4 is 15.9 Å². The molecule has 1 aromatic carbocycles. The summed E-state index contributed by atoms with van der Waals surface area (Å²) in [6, 6.07) is 7.96. The summed E-state index contributed by atoms with van der Waals surface area (Å²) in [5, 5.41) is 2.69. The number of rotatable bonds is 6. The van der Waals surface area contributed by atoms with Gasteiger partial charge in [0.25, 0.3) is 0 Å². The van der Waals surface area contributed by atoms with Gasteiger partial charge in [0.1, 0.15) is 23.4 Å². The lowest BCUT2D eigenvalue weighted by molar-refractivity contribution is -0.141. The largest absolute Gasteiger partial charge is 0.433 e. The van der Waals surface area contributed by atoms with Crippen LogP contribution in [0.3, 0.4) is 0 Å². The first-order chi connectivity index (χ1) is 16.9. The molecule has 1 atom stereocenters. The van der Waals surface area contributed by atoms with Gasteiger partial charge in [0.2, 0.25) is 15.9 Å². The van der Waals surface area contributed by atoms with Gasteiger partial charge in [-0.2, -0.15) is 17.5 Å². The molecule has 1 amide bonds. The molecule has 0 bridgehead atoms. The van der Waals surface area contributed by atoms with E-state index in [9.17, 15) is 30.8 Å². The van der Waals surface area contributed by atoms with Gasteiger partial charge >= 0.3 is 6.18 Å².